The van der Waals surface area contributed by atoms with Crippen molar-refractivity contribution in [2.45, 2.75) is 9.79 Å². The maximum Gasteiger partial charge on any atom is 0.138 e. The van der Waals surface area contributed by atoms with Gasteiger partial charge < -0.3 is 4.98 Å². The average Bonchev–Trinajstić information content (AvgIpc) is 3.21. The van der Waals surface area contributed by atoms with Crippen LogP contribution in [0.25, 0.3) is 22.3 Å². The Morgan fingerprint density at radius 3 is 2.79 bits per heavy atom. The molecule has 24 heavy (non-hydrogen) atoms. The van der Waals surface area contributed by atoms with Crippen LogP contribution >= 0.6 is 34.7 Å². The van der Waals surface area contributed by atoms with Crippen LogP contribution in [-0.4, -0.2) is 9.97 Å². The molecule has 4 aromatic rings. The van der Waals surface area contributed by atoms with Crippen molar-refractivity contribution >= 4 is 45.7 Å². The van der Waals surface area contributed by atoms with Gasteiger partial charge in [0.1, 0.15) is 11.7 Å². The number of aromatic amines is 1. The van der Waals surface area contributed by atoms with E-state index in [0.29, 0.717) is 10.6 Å². The third kappa shape index (κ3) is 2.69. The summed E-state index contributed by atoms with van der Waals surface area (Å²) in [5.74, 6) is 0. The van der Waals surface area contributed by atoms with Gasteiger partial charge >= 0.3 is 0 Å². The number of aromatic nitrogens is 2. The smallest absolute Gasteiger partial charge is 0.138 e. The largest absolute Gasteiger partial charge is 0.338 e. The minimum atomic E-state index is 0.671. The van der Waals surface area contributed by atoms with Gasteiger partial charge in [-0.25, -0.2) is 4.98 Å². The lowest BCUT2D eigenvalue weighted by Crippen LogP contribution is -1.81. The molecule has 0 saturated heterocycles. The number of fused-ring (bicyclic) bond motifs is 1. The molecule has 0 unspecified atom stereocenters. The van der Waals surface area contributed by atoms with E-state index in [1.807, 2.05) is 47.2 Å². The number of nitriles is 1. The monoisotopic (exact) mass is 367 g/mol. The van der Waals surface area contributed by atoms with Crippen molar-refractivity contribution in [1.82, 2.24) is 9.97 Å². The van der Waals surface area contributed by atoms with Crippen molar-refractivity contribution in [2.24, 2.45) is 0 Å². The van der Waals surface area contributed by atoms with Gasteiger partial charge in [0.25, 0.3) is 0 Å². The summed E-state index contributed by atoms with van der Waals surface area (Å²) in [4.78, 5) is 9.93. The fourth-order valence-corrected chi connectivity index (χ4v) is 4.43. The number of nitrogens with one attached hydrogen (secondary N) is 1. The van der Waals surface area contributed by atoms with Crippen molar-refractivity contribution in [2.75, 3.05) is 0 Å². The molecule has 0 bridgehead atoms. The lowest BCUT2D eigenvalue weighted by atomic mass is 10.1. The number of pyridine rings is 1. The SMILES string of the molecule is N#Cc1cscc1-c1[nH]c2ncccc2c1Sc1ccc(Cl)cc1. The van der Waals surface area contributed by atoms with Crippen LogP contribution in [0.2, 0.25) is 5.02 Å². The molecule has 0 amide bonds. The maximum atomic E-state index is 9.36. The molecule has 3 aromatic heterocycles. The molecule has 0 aliphatic carbocycles. The zero-order chi connectivity index (χ0) is 16.5. The maximum absolute atomic E-state index is 9.36. The normalized spacial score (nSPS) is 10.8. The van der Waals surface area contributed by atoms with Gasteiger partial charge in [0.15, 0.2) is 0 Å². The molecule has 1 N–H and O–H groups in total. The molecule has 0 radical (unpaired) electrons. The summed E-state index contributed by atoms with van der Waals surface area (Å²) in [7, 11) is 0. The number of nitrogens with zero attached hydrogens (tertiary/aromatic N) is 2. The number of benzene rings is 1. The van der Waals surface area contributed by atoms with E-state index >= 15 is 0 Å². The van der Waals surface area contributed by atoms with Crippen LogP contribution in [-0.2, 0) is 0 Å². The first-order valence-electron chi connectivity index (χ1n) is 7.13. The topological polar surface area (TPSA) is 52.5 Å². The summed E-state index contributed by atoms with van der Waals surface area (Å²) in [5.41, 5.74) is 3.34. The minimum Gasteiger partial charge on any atom is -0.338 e. The van der Waals surface area contributed by atoms with Crippen LogP contribution in [0.15, 0.2) is 63.1 Å². The van der Waals surface area contributed by atoms with E-state index in [4.69, 9.17) is 11.6 Å². The highest BCUT2D eigenvalue weighted by atomic mass is 35.5. The highest BCUT2D eigenvalue weighted by molar-refractivity contribution is 7.99. The molecule has 4 rings (SSSR count). The van der Waals surface area contributed by atoms with Crippen LogP contribution in [0.3, 0.4) is 0 Å². The molecule has 0 aliphatic heterocycles. The lowest BCUT2D eigenvalue weighted by Gasteiger charge is -2.04. The number of rotatable bonds is 3. The molecule has 0 fully saturated rings. The first kappa shape index (κ1) is 15.3. The van der Waals surface area contributed by atoms with E-state index in [9.17, 15) is 5.26 Å². The van der Waals surface area contributed by atoms with Gasteiger partial charge in [0, 0.05) is 42.7 Å². The predicted octanol–water partition coefficient (Wildman–Crippen LogP) is 5.97. The molecule has 3 nitrogen and oxygen atoms in total. The van der Waals surface area contributed by atoms with Gasteiger partial charge in [-0.3, -0.25) is 0 Å². The van der Waals surface area contributed by atoms with Crippen molar-refractivity contribution in [1.29, 1.82) is 5.26 Å². The molecule has 0 saturated carbocycles. The highest BCUT2D eigenvalue weighted by Gasteiger charge is 2.18. The molecule has 6 heteroatoms. The second-order valence-electron chi connectivity index (χ2n) is 5.10. The van der Waals surface area contributed by atoms with Gasteiger partial charge in [-0.1, -0.05) is 23.4 Å². The second-order valence-corrected chi connectivity index (χ2v) is 7.36. The Kier molecular flexibility index (Phi) is 4.03. The lowest BCUT2D eigenvalue weighted by molar-refractivity contribution is 1.32. The summed E-state index contributed by atoms with van der Waals surface area (Å²) in [6.45, 7) is 0. The Hall–Kier alpha value is -2.26. The van der Waals surface area contributed by atoms with E-state index in [-0.39, 0.29) is 0 Å². The zero-order valence-corrected chi connectivity index (χ0v) is 14.7. The average molecular weight is 368 g/mol. The van der Waals surface area contributed by atoms with E-state index in [1.54, 1.807) is 18.0 Å². The Balaban J connectivity index is 1.90. The first-order chi connectivity index (χ1) is 11.8. The highest BCUT2D eigenvalue weighted by Crippen LogP contribution is 2.42. The summed E-state index contributed by atoms with van der Waals surface area (Å²) >= 11 is 9.15. The molecule has 1 aromatic carbocycles. The van der Waals surface area contributed by atoms with Crippen LogP contribution < -0.4 is 0 Å². The molecular weight excluding hydrogens is 358 g/mol. The summed E-state index contributed by atoms with van der Waals surface area (Å²) < 4.78 is 0. The predicted molar refractivity (Wildman–Crippen MR) is 99.7 cm³/mol. The fourth-order valence-electron chi connectivity index (χ4n) is 2.49. The van der Waals surface area contributed by atoms with Crippen LogP contribution in [0.1, 0.15) is 5.56 Å². The quantitative estimate of drug-likeness (QED) is 0.485. The third-order valence-corrected chi connectivity index (χ3v) is 5.74. The molecule has 116 valence electrons. The molecule has 0 aliphatic rings. The zero-order valence-electron chi connectivity index (χ0n) is 12.3. The van der Waals surface area contributed by atoms with Crippen molar-refractivity contribution in [3.05, 3.63) is 63.9 Å². The van der Waals surface area contributed by atoms with Crippen molar-refractivity contribution in [3.63, 3.8) is 0 Å². The molecule has 3 heterocycles. The minimum absolute atomic E-state index is 0.671. The second kappa shape index (κ2) is 6.33. The molecule has 0 spiro atoms. The van der Waals surface area contributed by atoms with E-state index in [2.05, 4.69) is 16.0 Å². The van der Waals surface area contributed by atoms with Gasteiger partial charge in [-0.2, -0.15) is 16.6 Å². The Bertz CT molecular complexity index is 1060. The van der Waals surface area contributed by atoms with Gasteiger partial charge in [0.05, 0.1) is 11.3 Å². The Morgan fingerprint density at radius 2 is 2.00 bits per heavy atom. The van der Waals surface area contributed by atoms with Crippen LogP contribution in [0.4, 0.5) is 0 Å². The summed E-state index contributed by atoms with van der Waals surface area (Å²) in [5, 5.41) is 15.0. The van der Waals surface area contributed by atoms with Crippen molar-refractivity contribution < 1.29 is 0 Å². The Labute approximate surface area is 151 Å². The molecule has 0 atom stereocenters. The summed E-state index contributed by atoms with van der Waals surface area (Å²) in [6.07, 6.45) is 1.76. The standard InChI is InChI=1S/C18H10ClN3S2/c19-12-3-5-13(6-4-12)24-17-14-2-1-7-21-18(14)22-16(17)15-10-23-9-11(15)8-20/h1-7,9-10H,(H,21,22). The Morgan fingerprint density at radius 1 is 1.17 bits per heavy atom. The number of hydrogen-bond acceptors (Lipinski definition) is 4. The summed E-state index contributed by atoms with van der Waals surface area (Å²) in [6, 6.07) is 14.0. The number of hydrogen-bond donors (Lipinski definition) is 1. The van der Waals surface area contributed by atoms with Crippen LogP contribution in [0.5, 0.6) is 0 Å². The van der Waals surface area contributed by atoms with E-state index in [1.165, 1.54) is 11.3 Å². The number of thiophene rings is 1. The van der Waals surface area contributed by atoms with E-state index < -0.39 is 0 Å². The van der Waals surface area contributed by atoms with Crippen molar-refractivity contribution in [3.8, 4) is 17.3 Å². The van der Waals surface area contributed by atoms with Crippen LogP contribution in [0, 0.1) is 11.3 Å². The third-order valence-electron chi connectivity index (χ3n) is 3.61. The first-order valence-corrected chi connectivity index (χ1v) is 9.27. The number of H-pyrrole nitrogens is 1. The van der Waals surface area contributed by atoms with E-state index in [0.717, 1.165) is 32.1 Å². The number of halogens is 1. The van der Waals surface area contributed by atoms with Gasteiger partial charge in [-0.05, 0) is 36.4 Å². The van der Waals surface area contributed by atoms with Gasteiger partial charge in [-0.15, -0.1) is 0 Å². The fraction of sp³-hybridized carbons (Fsp3) is 0. The van der Waals surface area contributed by atoms with Gasteiger partial charge in [0.2, 0.25) is 0 Å². The molecular formula is C18H10ClN3S2.